The van der Waals surface area contributed by atoms with Crippen molar-refractivity contribution >= 4 is 11.8 Å². The number of carbonyl (C=O) groups is 2. The molecule has 2 aliphatic heterocycles. The number of likely N-dealkylation sites (N-methyl/N-ethyl adjacent to an activating group) is 1. The van der Waals surface area contributed by atoms with Crippen LogP contribution in [0.4, 0.5) is 0 Å². The Hall–Kier alpha value is -3.81. The molecule has 2 aliphatic rings. The largest absolute Gasteiger partial charge is 0.486 e. The molecular weight excluding hydrogens is 456 g/mol. The number of carbonyl (C=O) groups excluding carboxylic acids is 2. The highest BCUT2D eigenvalue weighted by Crippen LogP contribution is 2.32. The van der Waals surface area contributed by atoms with Crippen molar-refractivity contribution < 1.29 is 19.1 Å². The molecule has 5 rings (SSSR count). The van der Waals surface area contributed by atoms with E-state index in [9.17, 15) is 9.59 Å². The van der Waals surface area contributed by atoms with Gasteiger partial charge in [-0.25, -0.2) is 0 Å². The maximum atomic E-state index is 13.3. The van der Waals surface area contributed by atoms with Crippen molar-refractivity contribution in [3.63, 3.8) is 0 Å². The summed E-state index contributed by atoms with van der Waals surface area (Å²) in [5.41, 5.74) is 2.25. The average molecular weight is 489 g/mol. The van der Waals surface area contributed by atoms with Crippen LogP contribution in [0.3, 0.4) is 0 Å². The van der Waals surface area contributed by atoms with Gasteiger partial charge in [-0.2, -0.15) is 5.10 Å². The van der Waals surface area contributed by atoms with E-state index in [1.54, 1.807) is 29.1 Å². The number of hydrogen-bond acceptors (Lipinski definition) is 5. The van der Waals surface area contributed by atoms with Crippen LogP contribution in [0, 0.1) is 5.92 Å². The van der Waals surface area contributed by atoms with E-state index in [1.807, 2.05) is 48.2 Å². The summed E-state index contributed by atoms with van der Waals surface area (Å²) in [6.07, 6.45) is 4.20. The molecule has 188 valence electrons. The maximum absolute atomic E-state index is 13.3. The Kier molecular flexibility index (Phi) is 6.93. The van der Waals surface area contributed by atoms with Gasteiger partial charge in [0.2, 0.25) is 0 Å². The van der Waals surface area contributed by atoms with E-state index in [2.05, 4.69) is 17.2 Å². The second-order valence-corrected chi connectivity index (χ2v) is 9.54. The van der Waals surface area contributed by atoms with Gasteiger partial charge in [0.25, 0.3) is 11.8 Å². The number of fused-ring (bicyclic) bond motifs is 1. The van der Waals surface area contributed by atoms with Crippen molar-refractivity contribution in [2.24, 2.45) is 13.0 Å². The van der Waals surface area contributed by atoms with Gasteiger partial charge in [-0.1, -0.05) is 30.3 Å². The topological polar surface area (TPSA) is 76.9 Å². The number of amides is 2. The zero-order valence-corrected chi connectivity index (χ0v) is 20.8. The second-order valence-electron chi connectivity index (χ2n) is 9.54. The molecule has 8 heteroatoms. The van der Waals surface area contributed by atoms with Crippen LogP contribution in [0.1, 0.15) is 39.3 Å². The normalized spacial score (nSPS) is 16.4. The van der Waals surface area contributed by atoms with E-state index in [-0.39, 0.29) is 23.8 Å². The Morgan fingerprint density at radius 1 is 1.03 bits per heavy atom. The van der Waals surface area contributed by atoms with Gasteiger partial charge in [-0.3, -0.25) is 14.3 Å². The van der Waals surface area contributed by atoms with Crippen LogP contribution >= 0.6 is 0 Å². The van der Waals surface area contributed by atoms with Gasteiger partial charge in [0.05, 0.1) is 0 Å². The minimum Gasteiger partial charge on any atom is -0.486 e. The first-order chi connectivity index (χ1) is 17.5. The Morgan fingerprint density at radius 2 is 1.75 bits per heavy atom. The number of rotatable bonds is 6. The lowest BCUT2D eigenvalue weighted by Gasteiger charge is -2.40. The first kappa shape index (κ1) is 23.9. The number of benzene rings is 2. The Morgan fingerprint density at radius 3 is 2.44 bits per heavy atom. The standard InChI is InChI=1S/C28H32N4O4/c1-30-13-12-23(29-30)28(34)31(2)24(18-20-6-4-3-5-7-20)21-10-14-32(15-11-21)27(33)22-8-9-25-26(19-22)36-17-16-35-25/h3-9,12-13,19,21,24H,10-11,14-18H2,1-2H3/t24-/m0/s1. The van der Waals surface area contributed by atoms with Crippen molar-refractivity contribution in [1.82, 2.24) is 19.6 Å². The van der Waals surface area contributed by atoms with E-state index in [0.29, 0.717) is 49.1 Å². The lowest BCUT2D eigenvalue weighted by Crippen LogP contribution is -2.48. The van der Waals surface area contributed by atoms with Crippen molar-refractivity contribution in [2.45, 2.75) is 25.3 Å². The molecule has 1 fully saturated rings. The molecule has 8 nitrogen and oxygen atoms in total. The number of nitrogens with zero attached hydrogens (tertiary/aromatic N) is 4. The summed E-state index contributed by atoms with van der Waals surface area (Å²) in [4.78, 5) is 30.3. The van der Waals surface area contributed by atoms with Crippen LogP contribution in [0.25, 0.3) is 0 Å². The zero-order valence-electron chi connectivity index (χ0n) is 20.8. The summed E-state index contributed by atoms with van der Waals surface area (Å²) in [6, 6.07) is 17.4. The lowest BCUT2D eigenvalue weighted by atomic mass is 9.84. The van der Waals surface area contributed by atoms with E-state index in [4.69, 9.17) is 9.47 Å². The fraction of sp³-hybridized carbons (Fsp3) is 0.393. The van der Waals surface area contributed by atoms with Gasteiger partial charge in [0.15, 0.2) is 11.5 Å². The molecule has 0 aliphatic carbocycles. The van der Waals surface area contributed by atoms with Crippen LogP contribution in [0.15, 0.2) is 60.8 Å². The third-order valence-electron chi connectivity index (χ3n) is 7.20. The van der Waals surface area contributed by atoms with Gasteiger partial charge in [0, 0.05) is 45.0 Å². The molecule has 2 amide bonds. The molecule has 0 unspecified atom stereocenters. The van der Waals surface area contributed by atoms with Gasteiger partial charge < -0.3 is 19.3 Å². The molecule has 3 aromatic rings. The molecule has 1 aromatic heterocycles. The molecule has 1 atom stereocenters. The van der Waals surface area contributed by atoms with Gasteiger partial charge in [-0.15, -0.1) is 0 Å². The predicted molar refractivity (Wildman–Crippen MR) is 135 cm³/mol. The van der Waals surface area contributed by atoms with Crippen molar-refractivity contribution in [2.75, 3.05) is 33.4 Å². The molecule has 0 saturated carbocycles. The molecule has 0 radical (unpaired) electrons. The molecule has 36 heavy (non-hydrogen) atoms. The first-order valence-electron chi connectivity index (χ1n) is 12.5. The Bertz CT molecular complexity index is 1220. The van der Waals surface area contributed by atoms with Crippen LogP contribution in [0.2, 0.25) is 0 Å². The summed E-state index contributed by atoms with van der Waals surface area (Å²) >= 11 is 0. The van der Waals surface area contributed by atoms with E-state index < -0.39 is 0 Å². The lowest BCUT2D eigenvalue weighted by molar-refractivity contribution is 0.0518. The van der Waals surface area contributed by atoms with E-state index in [1.165, 1.54) is 5.56 Å². The molecular formula is C28H32N4O4. The summed E-state index contributed by atoms with van der Waals surface area (Å²) in [5, 5.41) is 4.32. The van der Waals surface area contributed by atoms with Crippen molar-refractivity contribution in [3.05, 3.63) is 77.6 Å². The highest BCUT2D eigenvalue weighted by molar-refractivity contribution is 5.95. The van der Waals surface area contributed by atoms with Gasteiger partial charge in [0.1, 0.15) is 18.9 Å². The predicted octanol–water partition coefficient (Wildman–Crippen LogP) is 3.43. The molecule has 0 N–H and O–H groups in total. The van der Waals surface area contributed by atoms with Gasteiger partial charge in [-0.05, 0) is 55.0 Å². The number of likely N-dealkylation sites (tertiary alicyclic amines) is 1. The number of aryl methyl sites for hydroxylation is 1. The third-order valence-corrected chi connectivity index (χ3v) is 7.20. The minimum absolute atomic E-state index is 0.00273. The number of ether oxygens (including phenoxy) is 2. The van der Waals surface area contributed by atoms with Gasteiger partial charge >= 0.3 is 0 Å². The van der Waals surface area contributed by atoms with Crippen LogP contribution < -0.4 is 9.47 Å². The zero-order chi connectivity index (χ0) is 25.1. The molecule has 0 spiro atoms. The molecule has 2 aromatic carbocycles. The number of piperidine rings is 1. The summed E-state index contributed by atoms with van der Waals surface area (Å²) in [7, 11) is 3.68. The summed E-state index contributed by atoms with van der Waals surface area (Å²) < 4.78 is 12.9. The highest BCUT2D eigenvalue weighted by atomic mass is 16.6. The monoisotopic (exact) mass is 488 g/mol. The summed E-state index contributed by atoms with van der Waals surface area (Å²) in [6.45, 7) is 2.31. The maximum Gasteiger partial charge on any atom is 0.274 e. The smallest absolute Gasteiger partial charge is 0.274 e. The first-order valence-corrected chi connectivity index (χ1v) is 12.5. The van der Waals surface area contributed by atoms with Crippen molar-refractivity contribution in [3.8, 4) is 11.5 Å². The Labute approximate surface area is 211 Å². The number of hydrogen-bond donors (Lipinski definition) is 0. The highest BCUT2D eigenvalue weighted by Gasteiger charge is 2.34. The fourth-order valence-corrected chi connectivity index (χ4v) is 5.18. The number of aromatic nitrogens is 2. The fourth-order valence-electron chi connectivity index (χ4n) is 5.18. The Balaban J connectivity index is 1.29. The van der Waals surface area contributed by atoms with Crippen LogP contribution in [-0.4, -0.2) is 70.8 Å². The minimum atomic E-state index is -0.0775. The third kappa shape index (κ3) is 5.08. The molecule has 0 bridgehead atoms. The van der Waals surface area contributed by atoms with Crippen molar-refractivity contribution in [1.29, 1.82) is 0 Å². The SMILES string of the molecule is CN(C(=O)c1ccn(C)n1)[C@@H](Cc1ccccc1)C1CCN(C(=O)c2ccc3c(c2)OCCO3)CC1. The van der Waals surface area contributed by atoms with Crippen LogP contribution in [0.5, 0.6) is 11.5 Å². The average Bonchev–Trinajstić information content (AvgIpc) is 3.37. The van der Waals surface area contributed by atoms with E-state index >= 15 is 0 Å². The summed E-state index contributed by atoms with van der Waals surface area (Å²) in [5.74, 6) is 1.50. The van der Waals surface area contributed by atoms with Crippen LogP contribution in [-0.2, 0) is 13.5 Å². The molecule has 3 heterocycles. The second kappa shape index (κ2) is 10.4. The quantitative estimate of drug-likeness (QED) is 0.531. The van der Waals surface area contributed by atoms with E-state index in [0.717, 1.165) is 19.3 Å². The molecule has 1 saturated heterocycles.